The lowest BCUT2D eigenvalue weighted by Gasteiger charge is -2.02. The first-order valence-electron chi connectivity index (χ1n) is 5.35. The summed E-state index contributed by atoms with van der Waals surface area (Å²) in [5, 5.41) is 0. The molecular weight excluding hydrogens is 230 g/mol. The Morgan fingerprint density at radius 1 is 1.24 bits per heavy atom. The van der Waals surface area contributed by atoms with Crippen molar-refractivity contribution in [1.29, 1.82) is 0 Å². The Labute approximate surface area is 104 Å². The summed E-state index contributed by atoms with van der Waals surface area (Å²) < 4.78 is 0. The molecule has 1 N–H and O–H groups in total. The highest BCUT2D eigenvalue weighted by atomic mass is 32.1. The van der Waals surface area contributed by atoms with Gasteiger partial charge in [-0.05, 0) is 36.8 Å². The normalized spacial score (nSPS) is 10.9. The van der Waals surface area contributed by atoms with Crippen LogP contribution in [0.3, 0.4) is 0 Å². The van der Waals surface area contributed by atoms with Gasteiger partial charge in [0.15, 0.2) is 5.65 Å². The maximum Gasteiger partial charge on any atom is 0.178 e. The molecule has 0 aliphatic carbocycles. The van der Waals surface area contributed by atoms with Gasteiger partial charge >= 0.3 is 0 Å². The Hall–Kier alpha value is -1.81. The van der Waals surface area contributed by atoms with Crippen molar-refractivity contribution < 1.29 is 0 Å². The van der Waals surface area contributed by atoms with Crippen LogP contribution in [0.15, 0.2) is 41.4 Å². The van der Waals surface area contributed by atoms with Crippen molar-refractivity contribution in [2.24, 2.45) is 0 Å². The number of pyridine rings is 1. The molecule has 2 aromatic heterocycles. The predicted molar refractivity (Wildman–Crippen MR) is 71.3 cm³/mol. The van der Waals surface area contributed by atoms with Crippen LogP contribution in [0, 0.1) is 6.92 Å². The summed E-state index contributed by atoms with van der Waals surface area (Å²) >= 11 is 4.48. The van der Waals surface area contributed by atoms with Gasteiger partial charge in [-0.15, -0.1) is 12.6 Å². The van der Waals surface area contributed by atoms with Gasteiger partial charge in [-0.2, -0.15) is 0 Å². The summed E-state index contributed by atoms with van der Waals surface area (Å²) in [6, 6.07) is 9.95. The first-order valence-corrected chi connectivity index (χ1v) is 5.79. The van der Waals surface area contributed by atoms with Crippen molar-refractivity contribution in [3.05, 3.63) is 42.1 Å². The maximum absolute atomic E-state index is 4.48. The number of nitrogens with one attached hydrogen (secondary N) is 1. The molecule has 0 unspecified atom stereocenters. The fraction of sp³-hybridized carbons (Fsp3) is 0.0769. The molecule has 0 aliphatic heterocycles. The third-order valence-corrected chi connectivity index (χ3v) is 3.04. The first-order chi connectivity index (χ1) is 8.24. The second kappa shape index (κ2) is 3.89. The number of nitrogens with zero attached hydrogens (tertiary/aromatic N) is 2. The molecule has 3 aromatic rings. The number of thiol groups is 1. The molecule has 4 heteroatoms. The molecule has 0 atom stereocenters. The zero-order valence-electron chi connectivity index (χ0n) is 9.31. The highest BCUT2D eigenvalue weighted by molar-refractivity contribution is 7.80. The van der Waals surface area contributed by atoms with E-state index in [-0.39, 0.29) is 0 Å². The number of imidazole rings is 1. The highest BCUT2D eigenvalue weighted by Gasteiger charge is 2.08. The number of hydrogen-bond acceptors (Lipinski definition) is 3. The quantitative estimate of drug-likeness (QED) is 0.642. The molecule has 2 heterocycles. The van der Waals surface area contributed by atoms with Gasteiger partial charge in [0.1, 0.15) is 5.82 Å². The Morgan fingerprint density at radius 2 is 2.12 bits per heavy atom. The molecule has 0 fully saturated rings. The molecule has 0 amide bonds. The number of aromatic amines is 1. The van der Waals surface area contributed by atoms with Crippen LogP contribution in [-0.4, -0.2) is 15.0 Å². The molecule has 0 saturated heterocycles. The molecule has 0 spiro atoms. The molecule has 1 aromatic carbocycles. The van der Waals surface area contributed by atoms with E-state index in [2.05, 4.69) is 33.6 Å². The zero-order chi connectivity index (χ0) is 11.8. The number of aromatic nitrogens is 3. The zero-order valence-corrected chi connectivity index (χ0v) is 10.2. The number of rotatable bonds is 1. The molecule has 0 bridgehead atoms. The van der Waals surface area contributed by atoms with Crippen molar-refractivity contribution in [3.8, 4) is 11.4 Å². The smallest absolute Gasteiger partial charge is 0.178 e. The SMILES string of the molecule is Cc1ccc(-c2nc3ncccc3[nH]2)c(S)c1. The standard InChI is InChI=1S/C13H11N3S/c1-8-4-5-9(11(17)7-8)12-15-10-3-2-6-14-13(10)16-12/h2-7,17H,1H3,(H,14,15,16). The van der Waals surface area contributed by atoms with E-state index in [0.717, 1.165) is 27.4 Å². The third-order valence-electron chi connectivity index (χ3n) is 2.67. The second-order valence-electron chi connectivity index (χ2n) is 3.98. The lowest BCUT2D eigenvalue weighted by Crippen LogP contribution is -1.84. The van der Waals surface area contributed by atoms with Crippen molar-refractivity contribution in [2.75, 3.05) is 0 Å². The van der Waals surface area contributed by atoms with Gasteiger partial charge < -0.3 is 4.98 Å². The monoisotopic (exact) mass is 241 g/mol. The number of fused-ring (bicyclic) bond motifs is 1. The summed E-state index contributed by atoms with van der Waals surface area (Å²) in [4.78, 5) is 12.8. The van der Waals surface area contributed by atoms with Crippen LogP contribution in [-0.2, 0) is 0 Å². The fourth-order valence-corrected chi connectivity index (χ4v) is 2.20. The van der Waals surface area contributed by atoms with E-state index >= 15 is 0 Å². The average Bonchev–Trinajstić information content (AvgIpc) is 2.72. The number of H-pyrrole nitrogens is 1. The van der Waals surface area contributed by atoms with Crippen LogP contribution in [0.25, 0.3) is 22.6 Å². The lowest BCUT2D eigenvalue weighted by molar-refractivity contribution is 1.26. The van der Waals surface area contributed by atoms with Crippen molar-refractivity contribution in [1.82, 2.24) is 15.0 Å². The third kappa shape index (κ3) is 1.80. The van der Waals surface area contributed by atoms with Gasteiger partial charge in [-0.1, -0.05) is 6.07 Å². The molecule has 3 nitrogen and oxygen atoms in total. The van der Waals surface area contributed by atoms with E-state index in [1.165, 1.54) is 5.56 Å². The molecule has 17 heavy (non-hydrogen) atoms. The van der Waals surface area contributed by atoms with Crippen LogP contribution in [0.2, 0.25) is 0 Å². The Kier molecular flexibility index (Phi) is 2.37. The molecule has 84 valence electrons. The molecule has 0 saturated carbocycles. The van der Waals surface area contributed by atoms with Crippen LogP contribution in [0.1, 0.15) is 5.56 Å². The molecule has 0 radical (unpaired) electrons. The van der Waals surface area contributed by atoms with Gasteiger partial charge in [-0.3, -0.25) is 0 Å². The second-order valence-corrected chi connectivity index (χ2v) is 4.46. The molecular formula is C13H11N3S. The fourth-order valence-electron chi connectivity index (χ4n) is 1.81. The van der Waals surface area contributed by atoms with E-state index in [0.29, 0.717) is 0 Å². The summed E-state index contributed by atoms with van der Waals surface area (Å²) in [5.74, 6) is 0.809. The number of benzene rings is 1. The van der Waals surface area contributed by atoms with Crippen molar-refractivity contribution in [3.63, 3.8) is 0 Å². The van der Waals surface area contributed by atoms with E-state index < -0.39 is 0 Å². The first kappa shape index (κ1) is 10.4. The summed E-state index contributed by atoms with van der Waals surface area (Å²) in [6.07, 6.45) is 1.74. The largest absolute Gasteiger partial charge is 0.337 e. The van der Waals surface area contributed by atoms with Crippen LogP contribution >= 0.6 is 12.6 Å². The van der Waals surface area contributed by atoms with Crippen molar-refractivity contribution in [2.45, 2.75) is 11.8 Å². The van der Waals surface area contributed by atoms with Crippen LogP contribution < -0.4 is 0 Å². The van der Waals surface area contributed by atoms with Crippen LogP contribution in [0.5, 0.6) is 0 Å². The minimum Gasteiger partial charge on any atom is -0.337 e. The van der Waals surface area contributed by atoms with E-state index in [4.69, 9.17) is 0 Å². The van der Waals surface area contributed by atoms with Gasteiger partial charge in [0.2, 0.25) is 0 Å². The summed E-state index contributed by atoms with van der Waals surface area (Å²) in [7, 11) is 0. The van der Waals surface area contributed by atoms with E-state index in [1.54, 1.807) is 6.20 Å². The van der Waals surface area contributed by atoms with Gasteiger partial charge in [-0.25, -0.2) is 9.97 Å². The lowest BCUT2D eigenvalue weighted by atomic mass is 10.1. The molecule has 0 aliphatic rings. The topological polar surface area (TPSA) is 41.6 Å². The minimum atomic E-state index is 0.732. The number of hydrogen-bond donors (Lipinski definition) is 2. The number of aryl methyl sites for hydroxylation is 1. The van der Waals surface area contributed by atoms with Gasteiger partial charge in [0.25, 0.3) is 0 Å². The Bertz CT molecular complexity index is 655. The van der Waals surface area contributed by atoms with Gasteiger partial charge in [0.05, 0.1) is 5.52 Å². The van der Waals surface area contributed by atoms with Crippen molar-refractivity contribution >= 4 is 23.8 Å². The van der Waals surface area contributed by atoms with Crippen LogP contribution in [0.4, 0.5) is 0 Å². The predicted octanol–water partition coefficient (Wildman–Crippen LogP) is 3.22. The minimum absolute atomic E-state index is 0.732. The van der Waals surface area contributed by atoms with E-state index in [9.17, 15) is 0 Å². The van der Waals surface area contributed by atoms with Gasteiger partial charge in [0, 0.05) is 16.7 Å². The van der Waals surface area contributed by atoms with E-state index in [1.807, 2.05) is 31.2 Å². The maximum atomic E-state index is 4.48. The molecule has 3 rings (SSSR count). The summed E-state index contributed by atoms with van der Waals surface area (Å²) in [6.45, 7) is 2.05. The Morgan fingerprint density at radius 3 is 2.88 bits per heavy atom. The summed E-state index contributed by atoms with van der Waals surface area (Å²) in [5.41, 5.74) is 3.86. The highest BCUT2D eigenvalue weighted by Crippen LogP contribution is 2.26. The Balaban J connectivity index is 2.20. The average molecular weight is 241 g/mol.